The van der Waals surface area contributed by atoms with E-state index in [9.17, 15) is 4.79 Å². The summed E-state index contributed by atoms with van der Waals surface area (Å²) in [5.74, 6) is 1.88. The van der Waals surface area contributed by atoms with Crippen molar-refractivity contribution in [1.29, 1.82) is 0 Å². The van der Waals surface area contributed by atoms with Crippen molar-refractivity contribution < 1.29 is 14.3 Å². The van der Waals surface area contributed by atoms with E-state index in [4.69, 9.17) is 15.2 Å². The highest BCUT2D eigenvalue weighted by molar-refractivity contribution is 5.76. The van der Waals surface area contributed by atoms with Gasteiger partial charge in [0.1, 0.15) is 12.7 Å². The predicted molar refractivity (Wildman–Crippen MR) is 83.9 cm³/mol. The minimum Gasteiger partial charge on any atom is -0.486 e. The molecule has 5 nitrogen and oxygen atoms in total. The minimum atomic E-state index is -0.140. The Hall–Kier alpha value is -1.75. The molecular formula is C17H24N2O3. The largest absolute Gasteiger partial charge is 0.486 e. The van der Waals surface area contributed by atoms with E-state index in [1.165, 1.54) is 12.8 Å². The molecule has 1 aliphatic carbocycles. The summed E-state index contributed by atoms with van der Waals surface area (Å²) in [6.45, 7) is 0.926. The molecule has 2 aliphatic rings. The fraction of sp³-hybridized carbons (Fsp3) is 0.588. The summed E-state index contributed by atoms with van der Waals surface area (Å²) in [7, 11) is 0. The Morgan fingerprint density at radius 2 is 2.00 bits per heavy atom. The fourth-order valence-corrected chi connectivity index (χ4v) is 3.19. The summed E-state index contributed by atoms with van der Waals surface area (Å²) in [6, 6.07) is 7.75. The first-order valence-electron chi connectivity index (χ1n) is 8.13. The first-order chi connectivity index (χ1) is 10.7. The average Bonchev–Trinajstić information content (AvgIpc) is 2.55. The molecule has 0 spiro atoms. The molecule has 120 valence electrons. The molecule has 0 bridgehead atoms. The zero-order chi connectivity index (χ0) is 15.4. The van der Waals surface area contributed by atoms with Gasteiger partial charge in [-0.15, -0.1) is 0 Å². The summed E-state index contributed by atoms with van der Waals surface area (Å²) < 4.78 is 11.5. The Kier molecular flexibility index (Phi) is 4.83. The number of rotatable bonds is 4. The summed E-state index contributed by atoms with van der Waals surface area (Å²) in [5, 5.41) is 2.95. The van der Waals surface area contributed by atoms with Gasteiger partial charge in [0.25, 0.3) is 0 Å². The molecule has 1 saturated carbocycles. The van der Waals surface area contributed by atoms with Crippen molar-refractivity contribution in [2.45, 2.75) is 44.2 Å². The molecule has 1 aromatic carbocycles. The molecule has 3 atom stereocenters. The lowest BCUT2D eigenvalue weighted by Gasteiger charge is -2.29. The third-order valence-electron chi connectivity index (χ3n) is 4.51. The number of hydrogen-bond donors (Lipinski definition) is 2. The van der Waals surface area contributed by atoms with Gasteiger partial charge in [-0.2, -0.15) is 0 Å². The first kappa shape index (κ1) is 15.2. The molecule has 1 amide bonds. The molecule has 0 saturated heterocycles. The number of nitrogens with two attached hydrogens (primary N) is 1. The van der Waals surface area contributed by atoms with Crippen molar-refractivity contribution in [2.75, 3.05) is 13.2 Å². The van der Waals surface area contributed by atoms with Crippen LogP contribution in [0.4, 0.5) is 0 Å². The fourth-order valence-electron chi connectivity index (χ4n) is 3.19. The van der Waals surface area contributed by atoms with Crippen LogP contribution in [0.25, 0.3) is 0 Å². The summed E-state index contributed by atoms with van der Waals surface area (Å²) in [5.41, 5.74) is 6.09. The highest BCUT2D eigenvalue weighted by atomic mass is 16.6. The van der Waals surface area contributed by atoms with Gasteiger partial charge in [0, 0.05) is 12.5 Å². The normalized spacial score (nSPS) is 27.2. The van der Waals surface area contributed by atoms with E-state index >= 15 is 0 Å². The van der Waals surface area contributed by atoms with Crippen molar-refractivity contribution in [2.24, 2.45) is 11.7 Å². The molecule has 0 aromatic heterocycles. The predicted octanol–water partition coefficient (Wildman–Crippen LogP) is 1.85. The topological polar surface area (TPSA) is 73.6 Å². The van der Waals surface area contributed by atoms with Gasteiger partial charge in [-0.05, 0) is 30.9 Å². The molecule has 3 unspecified atom stereocenters. The number of carbonyl (C=O) groups excluding carboxylic acids is 1. The van der Waals surface area contributed by atoms with E-state index in [0.29, 0.717) is 25.5 Å². The number of benzene rings is 1. The van der Waals surface area contributed by atoms with Crippen LogP contribution in [0.15, 0.2) is 24.3 Å². The van der Waals surface area contributed by atoms with Crippen LogP contribution in [0.5, 0.6) is 11.5 Å². The van der Waals surface area contributed by atoms with Gasteiger partial charge >= 0.3 is 0 Å². The van der Waals surface area contributed by atoms with Gasteiger partial charge in [0.15, 0.2) is 11.5 Å². The van der Waals surface area contributed by atoms with Crippen LogP contribution < -0.4 is 20.5 Å². The molecule has 1 fully saturated rings. The first-order valence-corrected chi connectivity index (χ1v) is 8.13. The number of nitrogens with one attached hydrogen (secondary N) is 1. The number of ether oxygens (including phenoxy) is 2. The summed E-state index contributed by atoms with van der Waals surface area (Å²) in [4.78, 5) is 12.1. The van der Waals surface area contributed by atoms with Crippen LogP contribution in [-0.4, -0.2) is 31.2 Å². The molecular weight excluding hydrogens is 280 g/mol. The van der Waals surface area contributed by atoms with Gasteiger partial charge in [-0.3, -0.25) is 4.79 Å². The van der Waals surface area contributed by atoms with Crippen LogP contribution in [0.3, 0.4) is 0 Å². The molecule has 22 heavy (non-hydrogen) atoms. The zero-order valence-corrected chi connectivity index (χ0v) is 12.8. The maximum absolute atomic E-state index is 12.1. The Labute approximate surface area is 131 Å². The monoisotopic (exact) mass is 304 g/mol. The van der Waals surface area contributed by atoms with Crippen LogP contribution in [-0.2, 0) is 4.79 Å². The minimum absolute atomic E-state index is 0.0600. The lowest BCUT2D eigenvalue weighted by atomic mass is 9.83. The SMILES string of the molecule is NC1CCCCC1CC(=O)NCC1COc2ccccc2O1. The van der Waals surface area contributed by atoms with Gasteiger partial charge in [-0.25, -0.2) is 0 Å². The molecule has 1 aliphatic heterocycles. The second kappa shape index (κ2) is 7.01. The van der Waals surface area contributed by atoms with Crippen LogP contribution in [0, 0.1) is 5.92 Å². The average molecular weight is 304 g/mol. The molecule has 5 heteroatoms. The third-order valence-corrected chi connectivity index (χ3v) is 4.51. The van der Waals surface area contributed by atoms with Crippen LogP contribution >= 0.6 is 0 Å². The van der Waals surface area contributed by atoms with Gasteiger partial charge in [0.2, 0.25) is 5.91 Å². The lowest BCUT2D eigenvalue weighted by Crippen LogP contribution is -2.42. The molecule has 1 aromatic rings. The number of fused-ring (bicyclic) bond motifs is 1. The number of carbonyl (C=O) groups is 1. The second-order valence-corrected chi connectivity index (χ2v) is 6.21. The maximum Gasteiger partial charge on any atom is 0.220 e. The van der Waals surface area contributed by atoms with E-state index in [0.717, 1.165) is 24.3 Å². The van der Waals surface area contributed by atoms with E-state index in [1.807, 2.05) is 24.3 Å². The van der Waals surface area contributed by atoms with E-state index in [2.05, 4.69) is 5.32 Å². The summed E-state index contributed by atoms with van der Waals surface area (Å²) >= 11 is 0. The van der Waals surface area contributed by atoms with Crippen molar-refractivity contribution in [3.8, 4) is 11.5 Å². The molecule has 3 rings (SSSR count). The van der Waals surface area contributed by atoms with Gasteiger partial charge in [0.05, 0.1) is 6.54 Å². The highest BCUT2D eigenvalue weighted by Gasteiger charge is 2.25. The van der Waals surface area contributed by atoms with Crippen molar-refractivity contribution in [1.82, 2.24) is 5.32 Å². The summed E-state index contributed by atoms with van der Waals surface area (Å²) in [6.07, 6.45) is 4.84. The van der Waals surface area contributed by atoms with E-state index in [1.54, 1.807) is 0 Å². The van der Waals surface area contributed by atoms with Crippen LogP contribution in [0.2, 0.25) is 0 Å². The van der Waals surface area contributed by atoms with Gasteiger partial charge < -0.3 is 20.5 Å². The molecule has 0 radical (unpaired) electrons. The second-order valence-electron chi connectivity index (χ2n) is 6.21. The Bertz CT molecular complexity index is 520. The van der Waals surface area contributed by atoms with Crippen LogP contribution in [0.1, 0.15) is 32.1 Å². The molecule has 1 heterocycles. The van der Waals surface area contributed by atoms with Gasteiger partial charge in [-0.1, -0.05) is 25.0 Å². The Balaban J connectivity index is 1.44. The lowest BCUT2D eigenvalue weighted by molar-refractivity contribution is -0.122. The highest BCUT2D eigenvalue weighted by Crippen LogP contribution is 2.30. The van der Waals surface area contributed by atoms with Crippen molar-refractivity contribution in [3.63, 3.8) is 0 Å². The quantitative estimate of drug-likeness (QED) is 0.890. The third kappa shape index (κ3) is 3.71. The standard InChI is InChI=1S/C17H24N2O3/c18-14-6-2-1-5-12(14)9-17(20)19-10-13-11-21-15-7-3-4-8-16(15)22-13/h3-4,7-8,12-14H,1-2,5-6,9-11,18H2,(H,19,20). The Morgan fingerprint density at radius 3 is 2.82 bits per heavy atom. The molecule has 3 N–H and O–H groups in total. The van der Waals surface area contributed by atoms with E-state index in [-0.39, 0.29) is 18.1 Å². The number of para-hydroxylation sites is 2. The Morgan fingerprint density at radius 1 is 1.23 bits per heavy atom. The van der Waals surface area contributed by atoms with Crippen molar-refractivity contribution in [3.05, 3.63) is 24.3 Å². The maximum atomic E-state index is 12.1. The van der Waals surface area contributed by atoms with E-state index < -0.39 is 0 Å². The number of amides is 1. The smallest absolute Gasteiger partial charge is 0.220 e. The zero-order valence-electron chi connectivity index (χ0n) is 12.8. The number of hydrogen-bond acceptors (Lipinski definition) is 4. The van der Waals surface area contributed by atoms with Crippen molar-refractivity contribution >= 4 is 5.91 Å².